The maximum absolute atomic E-state index is 10.2. The van der Waals surface area contributed by atoms with Crippen molar-refractivity contribution in [2.75, 3.05) is 13.2 Å². The van der Waals surface area contributed by atoms with Crippen LogP contribution in [0.15, 0.2) is 0 Å². The van der Waals surface area contributed by atoms with Crippen LogP contribution >= 0.6 is 0 Å². The van der Waals surface area contributed by atoms with Gasteiger partial charge in [-0.1, -0.05) is 57.8 Å². The van der Waals surface area contributed by atoms with Gasteiger partial charge in [0.2, 0.25) is 0 Å². The molecule has 0 aromatic carbocycles. The van der Waals surface area contributed by atoms with E-state index in [1.54, 1.807) is 0 Å². The lowest BCUT2D eigenvalue weighted by molar-refractivity contribution is 0.0380. The van der Waals surface area contributed by atoms with Gasteiger partial charge in [-0.2, -0.15) is 0 Å². The third-order valence-corrected chi connectivity index (χ3v) is 22.2. The van der Waals surface area contributed by atoms with Gasteiger partial charge in [0, 0.05) is 5.41 Å². The van der Waals surface area contributed by atoms with Crippen molar-refractivity contribution >= 4 is 33.3 Å². The minimum atomic E-state index is -2.26. The molecule has 4 nitrogen and oxygen atoms in total. The van der Waals surface area contributed by atoms with Gasteiger partial charge in [-0.25, -0.2) is 0 Å². The number of aliphatic hydroxyl groups excluding tert-OH is 2. The third-order valence-electron chi connectivity index (χ3n) is 6.72. The van der Waals surface area contributed by atoms with Gasteiger partial charge in [-0.3, -0.25) is 0 Å². The fourth-order valence-electron chi connectivity index (χ4n) is 4.81. The minimum Gasteiger partial charge on any atom is -0.437 e. The van der Waals surface area contributed by atoms with E-state index in [1.807, 2.05) is 0 Å². The van der Waals surface area contributed by atoms with Gasteiger partial charge in [0.05, 0.1) is 21.3 Å². The molecule has 0 bridgehead atoms. The molecule has 0 aromatic rings. The van der Waals surface area contributed by atoms with Gasteiger partial charge in [-0.15, -0.1) is 0 Å². The topological polar surface area (TPSA) is 58.9 Å². The first-order valence-electron chi connectivity index (χ1n) is 12.3. The largest absolute Gasteiger partial charge is 0.437 e. The number of hydrogen-bond acceptors (Lipinski definition) is 4. The van der Waals surface area contributed by atoms with E-state index in [9.17, 15) is 10.2 Å². The molecule has 30 heavy (non-hydrogen) atoms. The average molecular weight is 495 g/mol. The highest BCUT2D eigenvalue weighted by Crippen LogP contribution is 2.36. The molecule has 0 spiro atoms. The highest BCUT2D eigenvalue weighted by Gasteiger charge is 2.41. The summed E-state index contributed by atoms with van der Waals surface area (Å²) in [4.78, 5) is 0. The molecule has 2 N–H and O–H groups in total. The van der Waals surface area contributed by atoms with Crippen LogP contribution in [0.4, 0.5) is 0 Å². The fraction of sp³-hybridized carbons (Fsp3) is 1.00. The Morgan fingerprint density at radius 3 is 1.30 bits per heavy atom. The molecule has 0 amide bonds. The zero-order valence-corrected chi connectivity index (χ0v) is 26.0. The molecule has 0 unspecified atom stereocenters. The molecular weight excluding hydrogens is 441 g/mol. The molecule has 0 aromatic heterocycles. The lowest BCUT2D eigenvalue weighted by atomic mass is 9.81. The van der Waals surface area contributed by atoms with E-state index in [0.29, 0.717) is 0 Å². The van der Waals surface area contributed by atoms with Crippen LogP contribution in [0, 0.1) is 5.41 Å². The molecule has 0 aliphatic rings. The quantitative estimate of drug-likeness (QED) is 0.218. The lowest BCUT2D eigenvalue weighted by Crippen LogP contribution is -2.52. The van der Waals surface area contributed by atoms with Crippen molar-refractivity contribution in [2.45, 2.75) is 123 Å². The van der Waals surface area contributed by atoms with Crippen LogP contribution in [0.1, 0.15) is 46.5 Å². The van der Waals surface area contributed by atoms with Crippen LogP contribution in [0.2, 0.25) is 76.0 Å². The van der Waals surface area contributed by atoms with Gasteiger partial charge in [0.15, 0.2) is 16.6 Å². The summed E-state index contributed by atoms with van der Waals surface area (Å²) in [6, 6.07) is 6.30. The first-order valence-corrected chi connectivity index (χ1v) is 24.4. The van der Waals surface area contributed by atoms with E-state index in [4.69, 9.17) is 8.23 Å². The van der Waals surface area contributed by atoms with E-state index in [-0.39, 0.29) is 18.6 Å². The van der Waals surface area contributed by atoms with Crippen molar-refractivity contribution in [3.63, 3.8) is 0 Å². The number of aliphatic hydroxyl groups is 2. The van der Waals surface area contributed by atoms with Crippen LogP contribution in [0.3, 0.4) is 0 Å². The minimum absolute atomic E-state index is 0.0739. The second-order valence-corrected chi connectivity index (χ2v) is 30.1. The highest BCUT2D eigenvalue weighted by atomic mass is 28.5. The summed E-state index contributed by atoms with van der Waals surface area (Å²) in [5, 5.41) is 20.4. The summed E-state index contributed by atoms with van der Waals surface area (Å²) < 4.78 is 13.2. The molecule has 182 valence electrons. The van der Waals surface area contributed by atoms with Gasteiger partial charge in [0.1, 0.15) is 0 Å². The predicted octanol–water partition coefficient (Wildman–Crippen LogP) is 6.80. The van der Waals surface area contributed by atoms with E-state index < -0.39 is 33.3 Å². The summed E-state index contributed by atoms with van der Waals surface area (Å²) in [6.45, 7) is 22.9. The first-order chi connectivity index (χ1) is 13.6. The fourth-order valence-corrected chi connectivity index (χ4v) is 20.8. The monoisotopic (exact) mass is 494 g/mol. The zero-order chi connectivity index (χ0) is 23.7. The van der Waals surface area contributed by atoms with Crippen LogP contribution in [-0.2, 0) is 8.23 Å². The van der Waals surface area contributed by atoms with Gasteiger partial charge in [-0.05, 0) is 64.7 Å². The van der Waals surface area contributed by atoms with E-state index in [0.717, 1.165) is 31.7 Å². The number of rotatable bonds is 17. The van der Waals surface area contributed by atoms with Crippen molar-refractivity contribution in [3.8, 4) is 0 Å². The van der Waals surface area contributed by atoms with Crippen molar-refractivity contribution < 1.29 is 18.4 Å². The van der Waals surface area contributed by atoms with E-state index >= 15 is 0 Å². The first kappa shape index (κ1) is 30.7. The molecule has 0 aliphatic heterocycles. The van der Waals surface area contributed by atoms with Crippen molar-refractivity contribution in [1.29, 1.82) is 0 Å². The smallest absolute Gasteiger partial charge is 0.314 e. The maximum atomic E-state index is 10.2. The van der Waals surface area contributed by atoms with Gasteiger partial charge in [0.25, 0.3) is 0 Å². The number of hydrogen-bond donors (Lipinski definition) is 2. The zero-order valence-electron chi connectivity index (χ0n) is 22.0. The van der Waals surface area contributed by atoms with E-state index in [2.05, 4.69) is 66.6 Å². The Bertz CT molecular complexity index is 442. The molecule has 8 heteroatoms. The standard InChI is InChI=1S/C22H54O4Si4/c1-11-30(12-2,13-3)19-15-17-22(20-23,21-24)16-14-18-29(10,25-27(4,5)6)26-28(7,8)9/h23-24H,11-21H2,1-10H3. The predicted molar refractivity (Wildman–Crippen MR) is 142 cm³/mol. The highest BCUT2D eigenvalue weighted by molar-refractivity contribution is 6.87. The second kappa shape index (κ2) is 12.8. The maximum Gasteiger partial charge on any atom is 0.314 e. The third kappa shape index (κ3) is 11.5. The molecule has 0 rings (SSSR count). The SMILES string of the molecule is CC[Si](CC)(CC)CCCC(CO)(CO)CCC[Si](C)(O[Si](C)(C)C)O[Si](C)(C)C. The summed E-state index contributed by atoms with van der Waals surface area (Å²) >= 11 is 0. The molecular formula is C22H54O4Si4. The summed E-state index contributed by atoms with van der Waals surface area (Å²) in [5.74, 6) is 0. The molecule has 0 saturated carbocycles. The van der Waals surface area contributed by atoms with Crippen LogP contribution in [0.25, 0.3) is 0 Å². The van der Waals surface area contributed by atoms with Crippen molar-refractivity contribution in [2.24, 2.45) is 5.41 Å². The second-order valence-electron chi connectivity index (χ2n) is 11.6. The molecule has 0 heterocycles. The van der Waals surface area contributed by atoms with Crippen molar-refractivity contribution in [1.82, 2.24) is 0 Å². The van der Waals surface area contributed by atoms with Crippen LogP contribution < -0.4 is 0 Å². The van der Waals surface area contributed by atoms with Crippen molar-refractivity contribution in [3.05, 3.63) is 0 Å². The Kier molecular flexibility index (Phi) is 13.1. The Balaban J connectivity index is 5.07. The lowest BCUT2D eigenvalue weighted by Gasteiger charge is -2.39. The van der Waals surface area contributed by atoms with Gasteiger partial charge < -0.3 is 18.4 Å². The molecule has 0 saturated heterocycles. The Morgan fingerprint density at radius 2 is 1.00 bits per heavy atom. The molecule has 0 aliphatic carbocycles. The molecule has 0 radical (unpaired) electrons. The summed E-state index contributed by atoms with van der Waals surface area (Å²) in [7, 11) is -6.79. The Labute approximate surface area is 192 Å². The summed E-state index contributed by atoms with van der Waals surface area (Å²) in [5.41, 5.74) is -0.358. The molecule has 0 fully saturated rings. The summed E-state index contributed by atoms with van der Waals surface area (Å²) in [6.07, 6.45) is 3.87. The van der Waals surface area contributed by atoms with Crippen LogP contribution in [0.5, 0.6) is 0 Å². The van der Waals surface area contributed by atoms with E-state index in [1.165, 1.54) is 24.2 Å². The van der Waals surface area contributed by atoms with Crippen LogP contribution in [-0.4, -0.2) is 56.7 Å². The Hall–Kier alpha value is 0.708. The normalized spacial score (nSPS) is 14.4. The Morgan fingerprint density at radius 1 is 0.633 bits per heavy atom. The molecule has 0 atom stereocenters. The van der Waals surface area contributed by atoms with Gasteiger partial charge >= 0.3 is 8.56 Å². The average Bonchev–Trinajstić information content (AvgIpc) is 2.61.